The van der Waals surface area contributed by atoms with E-state index in [1.807, 2.05) is 12.1 Å². The molecule has 3 unspecified atom stereocenters. The minimum Gasteiger partial charge on any atom is -0.349 e. The molecule has 1 amide bonds. The van der Waals surface area contributed by atoms with Gasteiger partial charge in [0.2, 0.25) is 5.91 Å². The molecule has 1 fully saturated rings. The number of carbonyl (C=O) groups excluding carboxylic acids is 1. The third-order valence-electron chi connectivity index (χ3n) is 3.92. The molecule has 4 nitrogen and oxygen atoms in total. The van der Waals surface area contributed by atoms with Crippen LogP contribution in [0.15, 0.2) is 24.5 Å². The Bertz CT molecular complexity index is 407. The third-order valence-corrected chi connectivity index (χ3v) is 3.92. The Hall–Kier alpha value is -1.42. The number of nitrogens with two attached hydrogens (primary N) is 1. The van der Waals surface area contributed by atoms with Gasteiger partial charge in [0.05, 0.1) is 6.04 Å². The first kappa shape index (κ1) is 14.0. The second-order valence-corrected chi connectivity index (χ2v) is 5.37. The van der Waals surface area contributed by atoms with Crippen molar-refractivity contribution in [3.05, 3.63) is 30.1 Å². The van der Waals surface area contributed by atoms with Gasteiger partial charge in [0.15, 0.2) is 0 Å². The fourth-order valence-corrected chi connectivity index (χ4v) is 2.77. The second-order valence-electron chi connectivity index (χ2n) is 5.37. The van der Waals surface area contributed by atoms with Crippen LogP contribution in [0.5, 0.6) is 0 Å². The van der Waals surface area contributed by atoms with Gasteiger partial charge < -0.3 is 11.1 Å². The summed E-state index contributed by atoms with van der Waals surface area (Å²) in [6.45, 7) is 2.08. The molecule has 1 saturated carbocycles. The van der Waals surface area contributed by atoms with Crippen LogP contribution in [-0.2, 0) is 4.79 Å². The summed E-state index contributed by atoms with van der Waals surface area (Å²) in [5, 5.41) is 3.15. The largest absolute Gasteiger partial charge is 0.349 e. The van der Waals surface area contributed by atoms with Crippen LogP contribution in [0.25, 0.3) is 0 Å². The van der Waals surface area contributed by atoms with Gasteiger partial charge in [-0.2, -0.15) is 0 Å². The lowest BCUT2D eigenvalue weighted by atomic mass is 9.85. The molecule has 3 atom stereocenters. The number of aromatic nitrogens is 1. The summed E-state index contributed by atoms with van der Waals surface area (Å²) in [7, 11) is 0. The Kier molecular flexibility index (Phi) is 4.91. The minimum absolute atomic E-state index is 0.0775. The van der Waals surface area contributed by atoms with Crippen molar-refractivity contribution in [2.45, 2.75) is 51.1 Å². The first-order valence-corrected chi connectivity index (χ1v) is 7.16. The average molecular weight is 261 g/mol. The van der Waals surface area contributed by atoms with Gasteiger partial charge in [-0.1, -0.05) is 13.3 Å². The second kappa shape index (κ2) is 6.66. The van der Waals surface area contributed by atoms with Gasteiger partial charge in [0.25, 0.3) is 0 Å². The molecule has 0 aromatic carbocycles. The maximum Gasteiger partial charge on any atom is 0.223 e. The molecule has 0 spiro atoms. The summed E-state index contributed by atoms with van der Waals surface area (Å²) in [6, 6.07) is 4.18. The van der Waals surface area contributed by atoms with Crippen LogP contribution in [0.4, 0.5) is 0 Å². The van der Waals surface area contributed by atoms with E-state index in [-0.39, 0.29) is 23.9 Å². The minimum atomic E-state index is 0.0775. The molecule has 0 radical (unpaired) electrons. The molecule has 3 N–H and O–H groups in total. The Morgan fingerprint density at radius 1 is 1.47 bits per heavy atom. The summed E-state index contributed by atoms with van der Waals surface area (Å²) in [5.41, 5.74) is 7.07. The van der Waals surface area contributed by atoms with Gasteiger partial charge in [-0.15, -0.1) is 0 Å². The molecular weight excluding hydrogens is 238 g/mol. The molecule has 1 aromatic heterocycles. The summed E-state index contributed by atoms with van der Waals surface area (Å²) in [6.07, 6.45) is 8.30. The molecule has 0 bridgehead atoms. The van der Waals surface area contributed by atoms with Crippen LogP contribution < -0.4 is 11.1 Å². The zero-order valence-corrected chi connectivity index (χ0v) is 11.5. The molecule has 104 valence electrons. The highest BCUT2D eigenvalue weighted by Gasteiger charge is 2.26. The van der Waals surface area contributed by atoms with Gasteiger partial charge in [0, 0.05) is 24.4 Å². The predicted octanol–water partition coefficient (Wildman–Crippen LogP) is 2.17. The van der Waals surface area contributed by atoms with E-state index in [2.05, 4.69) is 17.2 Å². The average Bonchev–Trinajstić information content (AvgIpc) is 2.45. The molecule has 19 heavy (non-hydrogen) atoms. The molecular formula is C15H23N3O. The number of pyridine rings is 1. The Morgan fingerprint density at radius 2 is 2.21 bits per heavy atom. The van der Waals surface area contributed by atoms with Crippen molar-refractivity contribution in [1.82, 2.24) is 10.3 Å². The first-order valence-electron chi connectivity index (χ1n) is 7.16. The monoisotopic (exact) mass is 261 g/mol. The number of hydrogen-bond acceptors (Lipinski definition) is 3. The lowest BCUT2D eigenvalue weighted by Crippen LogP contribution is -2.39. The van der Waals surface area contributed by atoms with Crippen LogP contribution in [0, 0.1) is 5.92 Å². The van der Waals surface area contributed by atoms with Crippen LogP contribution in [-0.4, -0.2) is 16.9 Å². The number of rotatable bonds is 4. The quantitative estimate of drug-likeness (QED) is 0.872. The van der Waals surface area contributed by atoms with Gasteiger partial charge in [-0.25, -0.2) is 0 Å². The van der Waals surface area contributed by atoms with Crippen molar-refractivity contribution in [1.29, 1.82) is 0 Å². The molecule has 2 rings (SSSR count). The lowest BCUT2D eigenvalue weighted by Gasteiger charge is -2.27. The van der Waals surface area contributed by atoms with Crippen molar-refractivity contribution in [2.24, 2.45) is 11.7 Å². The summed E-state index contributed by atoms with van der Waals surface area (Å²) >= 11 is 0. The Labute approximate surface area is 114 Å². The van der Waals surface area contributed by atoms with E-state index >= 15 is 0 Å². The van der Waals surface area contributed by atoms with E-state index in [4.69, 9.17) is 5.73 Å². The number of hydrogen-bond donors (Lipinski definition) is 2. The normalized spacial score (nSPS) is 24.7. The number of carbonyl (C=O) groups is 1. The summed E-state index contributed by atoms with van der Waals surface area (Å²) in [4.78, 5) is 16.3. The molecule has 1 aliphatic rings. The van der Waals surface area contributed by atoms with E-state index in [0.717, 1.165) is 37.7 Å². The number of amides is 1. The third kappa shape index (κ3) is 3.77. The highest BCUT2D eigenvalue weighted by Crippen LogP contribution is 2.25. The lowest BCUT2D eigenvalue weighted by molar-refractivity contribution is -0.126. The topological polar surface area (TPSA) is 68.0 Å². The zero-order valence-electron chi connectivity index (χ0n) is 11.5. The van der Waals surface area contributed by atoms with Crippen molar-refractivity contribution < 1.29 is 4.79 Å². The van der Waals surface area contributed by atoms with Crippen LogP contribution in [0.3, 0.4) is 0 Å². The molecule has 1 aromatic rings. The highest BCUT2D eigenvalue weighted by molar-refractivity contribution is 5.79. The van der Waals surface area contributed by atoms with E-state index in [0.29, 0.717) is 0 Å². The maximum absolute atomic E-state index is 12.3. The van der Waals surface area contributed by atoms with Crippen LogP contribution >= 0.6 is 0 Å². The number of nitrogens with zero attached hydrogens (tertiary/aromatic N) is 1. The van der Waals surface area contributed by atoms with E-state index in [9.17, 15) is 4.79 Å². The van der Waals surface area contributed by atoms with Gasteiger partial charge in [-0.3, -0.25) is 9.78 Å². The smallest absolute Gasteiger partial charge is 0.223 e. The van der Waals surface area contributed by atoms with E-state index < -0.39 is 0 Å². The fraction of sp³-hybridized carbons (Fsp3) is 0.600. The SMILES string of the molecule is CCC(NC(=O)C1CCCC(N)C1)c1ccncc1. The first-order chi connectivity index (χ1) is 9.20. The Morgan fingerprint density at radius 3 is 2.84 bits per heavy atom. The Balaban J connectivity index is 1.96. The molecule has 4 heteroatoms. The van der Waals surface area contributed by atoms with Crippen molar-refractivity contribution in [3.63, 3.8) is 0 Å². The fourth-order valence-electron chi connectivity index (χ4n) is 2.77. The predicted molar refractivity (Wildman–Crippen MR) is 75.3 cm³/mol. The summed E-state index contributed by atoms with van der Waals surface area (Å²) in [5.74, 6) is 0.235. The number of nitrogens with one attached hydrogen (secondary N) is 1. The van der Waals surface area contributed by atoms with Crippen molar-refractivity contribution >= 4 is 5.91 Å². The standard InChI is InChI=1S/C15H23N3O/c1-2-14(11-6-8-17-9-7-11)18-15(19)12-4-3-5-13(16)10-12/h6-9,12-14H,2-5,10,16H2,1H3,(H,18,19). The molecule has 0 saturated heterocycles. The molecule has 0 aliphatic heterocycles. The van der Waals surface area contributed by atoms with Gasteiger partial charge >= 0.3 is 0 Å². The van der Waals surface area contributed by atoms with Gasteiger partial charge in [-0.05, 0) is 43.4 Å². The van der Waals surface area contributed by atoms with Crippen LogP contribution in [0.1, 0.15) is 50.6 Å². The highest BCUT2D eigenvalue weighted by atomic mass is 16.1. The molecule has 1 aliphatic carbocycles. The zero-order chi connectivity index (χ0) is 13.7. The van der Waals surface area contributed by atoms with Crippen molar-refractivity contribution in [3.8, 4) is 0 Å². The van der Waals surface area contributed by atoms with E-state index in [1.165, 1.54) is 0 Å². The van der Waals surface area contributed by atoms with Crippen LogP contribution in [0.2, 0.25) is 0 Å². The van der Waals surface area contributed by atoms with Crippen molar-refractivity contribution in [2.75, 3.05) is 0 Å². The van der Waals surface area contributed by atoms with E-state index in [1.54, 1.807) is 12.4 Å². The molecule has 1 heterocycles. The maximum atomic E-state index is 12.3. The summed E-state index contributed by atoms with van der Waals surface area (Å²) < 4.78 is 0. The van der Waals surface area contributed by atoms with Gasteiger partial charge in [0.1, 0.15) is 0 Å².